The number of carboxylic acid groups (broad SMARTS) is 1. The number of para-hydroxylation sites is 1. The van der Waals surface area contributed by atoms with Crippen molar-refractivity contribution < 1.29 is 19.5 Å². The molecule has 5 heteroatoms. The molecule has 0 fully saturated rings. The summed E-state index contributed by atoms with van der Waals surface area (Å²) < 4.78 is 1.29. The minimum atomic E-state index is -1.07. The number of carbonyl (C=O) groups excluding carboxylic acids is 1. The van der Waals surface area contributed by atoms with Crippen LogP contribution in [0.3, 0.4) is 0 Å². The van der Waals surface area contributed by atoms with Crippen molar-refractivity contribution in [1.29, 1.82) is 0 Å². The highest BCUT2D eigenvalue weighted by molar-refractivity contribution is 5.94. The predicted molar refractivity (Wildman–Crippen MR) is 81.0 cm³/mol. The summed E-state index contributed by atoms with van der Waals surface area (Å²) in [7, 11) is 0. The molecule has 0 aliphatic heterocycles. The van der Waals surface area contributed by atoms with E-state index in [2.05, 4.69) is 0 Å². The maximum Gasteiger partial charge on any atom is 0.356 e. The lowest BCUT2D eigenvalue weighted by atomic mass is 10.1. The number of carboxylic acids is 1. The summed E-state index contributed by atoms with van der Waals surface area (Å²) in [5.74, 6) is -1.07. The number of benzene rings is 2. The third kappa shape index (κ3) is 2.44. The standard InChI is InChI=1S/C17H13NO4/c19-10-13-6-1-2-7-14(13)11-22-18-15-8-4-3-5-12(15)9-16(18)17(20)21/h1-10H,11H2,(H,20,21). The Balaban J connectivity index is 1.98. The molecule has 2 aromatic carbocycles. The smallest absolute Gasteiger partial charge is 0.356 e. The maximum absolute atomic E-state index is 11.4. The van der Waals surface area contributed by atoms with Crippen LogP contribution < -0.4 is 4.84 Å². The molecule has 0 unspecified atom stereocenters. The molecule has 5 nitrogen and oxygen atoms in total. The number of fused-ring (bicyclic) bond motifs is 1. The monoisotopic (exact) mass is 295 g/mol. The highest BCUT2D eigenvalue weighted by Gasteiger charge is 2.16. The second-order valence-electron chi connectivity index (χ2n) is 4.78. The number of hydrogen-bond acceptors (Lipinski definition) is 3. The molecule has 0 radical (unpaired) electrons. The van der Waals surface area contributed by atoms with E-state index in [9.17, 15) is 14.7 Å². The zero-order valence-electron chi connectivity index (χ0n) is 11.6. The van der Waals surface area contributed by atoms with E-state index >= 15 is 0 Å². The van der Waals surface area contributed by atoms with Gasteiger partial charge in [-0.3, -0.25) is 4.79 Å². The summed E-state index contributed by atoms with van der Waals surface area (Å²) >= 11 is 0. The number of rotatable bonds is 5. The molecule has 0 spiro atoms. The Kier molecular flexibility index (Phi) is 3.62. The molecule has 0 saturated carbocycles. The fraction of sp³-hybridized carbons (Fsp3) is 0.0588. The normalized spacial score (nSPS) is 10.5. The van der Waals surface area contributed by atoms with E-state index in [-0.39, 0.29) is 12.3 Å². The first-order chi connectivity index (χ1) is 10.7. The molecule has 1 heterocycles. The van der Waals surface area contributed by atoms with Crippen LogP contribution in [0, 0.1) is 0 Å². The lowest BCUT2D eigenvalue weighted by Crippen LogP contribution is -2.17. The Bertz CT molecular complexity index is 851. The van der Waals surface area contributed by atoms with Crippen LogP contribution in [-0.4, -0.2) is 22.1 Å². The van der Waals surface area contributed by atoms with Crippen LogP contribution in [0.25, 0.3) is 10.9 Å². The van der Waals surface area contributed by atoms with E-state index in [0.717, 1.165) is 11.7 Å². The van der Waals surface area contributed by atoms with E-state index in [1.165, 1.54) is 4.73 Å². The summed E-state index contributed by atoms with van der Waals surface area (Å²) in [6.07, 6.45) is 0.755. The fourth-order valence-corrected chi connectivity index (χ4v) is 2.33. The van der Waals surface area contributed by atoms with Gasteiger partial charge in [-0.15, -0.1) is 0 Å². The summed E-state index contributed by atoms with van der Waals surface area (Å²) in [6, 6.07) is 15.8. The van der Waals surface area contributed by atoms with Gasteiger partial charge in [-0.05, 0) is 12.1 Å². The van der Waals surface area contributed by atoms with E-state index in [0.29, 0.717) is 16.6 Å². The van der Waals surface area contributed by atoms with Gasteiger partial charge in [0.05, 0.1) is 5.52 Å². The summed E-state index contributed by atoms with van der Waals surface area (Å²) in [6.45, 7) is 0.105. The molecule has 0 saturated heterocycles. The SMILES string of the molecule is O=Cc1ccccc1COn1c(C(=O)O)cc2ccccc21. The van der Waals surface area contributed by atoms with Crippen molar-refractivity contribution in [3.63, 3.8) is 0 Å². The first-order valence-electron chi connectivity index (χ1n) is 6.71. The summed E-state index contributed by atoms with van der Waals surface area (Å²) in [5.41, 5.74) is 1.94. The molecule has 22 heavy (non-hydrogen) atoms. The molecule has 0 amide bonds. The van der Waals surface area contributed by atoms with Crippen LogP contribution in [0.15, 0.2) is 54.6 Å². The molecule has 0 atom stereocenters. The third-order valence-electron chi connectivity index (χ3n) is 3.42. The molecule has 0 bridgehead atoms. The van der Waals surface area contributed by atoms with Gasteiger partial charge in [0.2, 0.25) is 0 Å². The number of aromatic carboxylic acids is 1. The maximum atomic E-state index is 11.4. The number of carbonyl (C=O) groups is 2. The Labute approximate surface area is 126 Å². The van der Waals surface area contributed by atoms with Crippen LogP contribution in [0.5, 0.6) is 0 Å². The number of aromatic nitrogens is 1. The quantitative estimate of drug-likeness (QED) is 0.735. The molecule has 1 N–H and O–H groups in total. The molecule has 1 aromatic heterocycles. The highest BCUT2D eigenvalue weighted by Crippen LogP contribution is 2.19. The molecule has 0 aliphatic carbocycles. The minimum Gasteiger partial charge on any atom is -0.476 e. The fourth-order valence-electron chi connectivity index (χ4n) is 2.33. The molecule has 3 aromatic rings. The van der Waals surface area contributed by atoms with Crippen LogP contribution in [0.4, 0.5) is 0 Å². The zero-order chi connectivity index (χ0) is 15.5. The molecule has 0 aliphatic rings. The van der Waals surface area contributed by atoms with Crippen molar-refractivity contribution in [3.05, 3.63) is 71.4 Å². The topological polar surface area (TPSA) is 68.5 Å². The van der Waals surface area contributed by atoms with Crippen molar-refractivity contribution in [2.45, 2.75) is 6.61 Å². The predicted octanol–water partition coefficient (Wildman–Crippen LogP) is 2.78. The van der Waals surface area contributed by atoms with Gasteiger partial charge < -0.3 is 9.94 Å². The van der Waals surface area contributed by atoms with Crippen LogP contribution >= 0.6 is 0 Å². The minimum absolute atomic E-state index is 0.0461. The van der Waals surface area contributed by atoms with E-state index < -0.39 is 5.97 Å². The second-order valence-corrected chi connectivity index (χ2v) is 4.78. The largest absolute Gasteiger partial charge is 0.476 e. The second kappa shape index (κ2) is 5.73. The van der Waals surface area contributed by atoms with Crippen molar-refractivity contribution in [1.82, 2.24) is 4.73 Å². The van der Waals surface area contributed by atoms with Crippen molar-refractivity contribution in [3.8, 4) is 0 Å². The van der Waals surface area contributed by atoms with Gasteiger partial charge in [0.15, 0.2) is 5.69 Å². The van der Waals surface area contributed by atoms with E-state index in [4.69, 9.17) is 4.84 Å². The Morgan fingerprint density at radius 1 is 1.14 bits per heavy atom. The van der Waals surface area contributed by atoms with Gasteiger partial charge in [-0.25, -0.2) is 4.79 Å². The first kappa shape index (κ1) is 13.9. The number of nitrogens with zero attached hydrogens (tertiary/aromatic N) is 1. The van der Waals surface area contributed by atoms with Gasteiger partial charge >= 0.3 is 5.97 Å². The zero-order valence-corrected chi connectivity index (χ0v) is 11.6. The number of aldehydes is 1. The molecule has 110 valence electrons. The number of hydrogen-bond donors (Lipinski definition) is 1. The van der Waals surface area contributed by atoms with Crippen LogP contribution in [0.2, 0.25) is 0 Å². The lowest BCUT2D eigenvalue weighted by Gasteiger charge is -2.11. The van der Waals surface area contributed by atoms with Crippen LogP contribution in [0.1, 0.15) is 26.4 Å². The van der Waals surface area contributed by atoms with E-state index in [1.54, 1.807) is 36.4 Å². The van der Waals surface area contributed by atoms with Crippen molar-refractivity contribution in [2.75, 3.05) is 0 Å². The average molecular weight is 295 g/mol. The summed E-state index contributed by atoms with van der Waals surface area (Å²) in [5, 5.41) is 10.1. The molecular formula is C17H13NO4. The highest BCUT2D eigenvalue weighted by atomic mass is 16.7. The van der Waals surface area contributed by atoms with Gasteiger partial charge in [-0.1, -0.05) is 42.5 Å². The van der Waals surface area contributed by atoms with Crippen molar-refractivity contribution in [2.24, 2.45) is 0 Å². The van der Waals surface area contributed by atoms with Crippen molar-refractivity contribution >= 4 is 23.2 Å². The van der Waals surface area contributed by atoms with Crippen LogP contribution in [-0.2, 0) is 6.61 Å². The Hall–Kier alpha value is -3.08. The van der Waals surface area contributed by atoms with Gasteiger partial charge in [0.25, 0.3) is 0 Å². The van der Waals surface area contributed by atoms with Gasteiger partial charge in [0.1, 0.15) is 12.9 Å². The third-order valence-corrected chi connectivity index (χ3v) is 3.42. The summed E-state index contributed by atoms with van der Waals surface area (Å²) in [4.78, 5) is 28.0. The average Bonchev–Trinajstić information content (AvgIpc) is 2.92. The Morgan fingerprint density at radius 3 is 2.64 bits per heavy atom. The first-order valence-corrected chi connectivity index (χ1v) is 6.71. The Morgan fingerprint density at radius 2 is 1.86 bits per heavy atom. The lowest BCUT2D eigenvalue weighted by molar-refractivity contribution is 0.0587. The molecular weight excluding hydrogens is 282 g/mol. The van der Waals surface area contributed by atoms with Gasteiger partial charge in [-0.2, -0.15) is 4.73 Å². The molecule has 3 rings (SSSR count). The van der Waals surface area contributed by atoms with Gasteiger partial charge in [0, 0.05) is 16.5 Å². The van der Waals surface area contributed by atoms with E-state index in [1.807, 2.05) is 18.2 Å².